The van der Waals surface area contributed by atoms with E-state index in [1.54, 1.807) is 0 Å². The van der Waals surface area contributed by atoms with Crippen LogP contribution in [0.1, 0.15) is 5.56 Å². The van der Waals surface area contributed by atoms with Crippen molar-refractivity contribution in [3.8, 4) is 16.9 Å². The molecule has 0 unspecified atom stereocenters. The minimum atomic E-state index is 0.713. The minimum absolute atomic E-state index is 0.713. The van der Waals surface area contributed by atoms with Crippen LogP contribution in [0.2, 0.25) is 0 Å². The molecule has 0 bridgehead atoms. The average molecular weight is 255 g/mol. The smallest absolute Gasteiger partial charge is 0.119 e. The maximum Gasteiger partial charge on any atom is 0.119 e. The third-order valence-electron chi connectivity index (χ3n) is 2.99. The van der Waals surface area contributed by atoms with Crippen LogP contribution in [0.4, 0.5) is 0 Å². The van der Waals surface area contributed by atoms with Gasteiger partial charge < -0.3 is 9.64 Å². The molecule has 0 radical (unpaired) electrons. The van der Waals surface area contributed by atoms with Gasteiger partial charge in [0, 0.05) is 6.54 Å². The Morgan fingerprint density at radius 1 is 0.947 bits per heavy atom. The summed E-state index contributed by atoms with van der Waals surface area (Å²) >= 11 is 0. The van der Waals surface area contributed by atoms with Crippen LogP contribution in [-0.4, -0.2) is 32.1 Å². The summed E-state index contributed by atoms with van der Waals surface area (Å²) in [7, 11) is 4.10. The second kappa shape index (κ2) is 6.39. The molecule has 2 rings (SSSR count). The van der Waals surface area contributed by atoms with Gasteiger partial charge in [-0.25, -0.2) is 0 Å². The van der Waals surface area contributed by atoms with E-state index in [1.165, 1.54) is 16.7 Å². The van der Waals surface area contributed by atoms with Crippen molar-refractivity contribution in [2.45, 2.75) is 6.92 Å². The van der Waals surface area contributed by atoms with Crippen molar-refractivity contribution in [1.82, 2.24) is 4.90 Å². The number of benzene rings is 2. The highest BCUT2D eigenvalue weighted by molar-refractivity contribution is 5.65. The van der Waals surface area contributed by atoms with E-state index < -0.39 is 0 Å². The molecule has 0 aliphatic carbocycles. The lowest BCUT2D eigenvalue weighted by atomic mass is 10.0. The van der Waals surface area contributed by atoms with Crippen molar-refractivity contribution >= 4 is 0 Å². The Hall–Kier alpha value is -1.80. The Labute approximate surface area is 115 Å². The highest BCUT2D eigenvalue weighted by Gasteiger charge is 2.00. The van der Waals surface area contributed by atoms with E-state index >= 15 is 0 Å². The molecule has 0 saturated carbocycles. The van der Waals surface area contributed by atoms with Crippen LogP contribution < -0.4 is 4.74 Å². The number of ether oxygens (including phenoxy) is 1. The van der Waals surface area contributed by atoms with Gasteiger partial charge >= 0.3 is 0 Å². The number of aryl methyl sites for hydroxylation is 1. The number of rotatable bonds is 5. The van der Waals surface area contributed by atoms with E-state index in [9.17, 15) is 0 Å². The third-order valence-corrected chi connectivity index (χ3v) is 2.99. The highest BCUT2D eigenvalue weighted by atomic mass is 16.5. The first-order valence-electron chi connectivity index (χ1n) is 6.60. The maximum atomic E-state index is 5.77. The SMILES string of the molecule is Cc1cccc(-c2cccc(OCCN(C)C)c2)c1. The predicted octanol–water partition coefficient (Wildman–Crippen LogP) is 3.60. The molecule has 0 atom stereocenters. The first kappa shape index (κ1) is 13.6. The zero-order valence-corrected chi connectivity index (χ0v) is 11.9. The zero-order chi connectivity index (χ0) is 13.7. The van der Waals surface area contributed by atoms with Crippen molar-refractivity contribution < 1.29 is 4.74 Å². The summed E-state index contributed by atoms with van der Waals surface area (Å²) in [6.07, 6.45) is 0. The number of nitrogens with zero attached hydrogens (tertiary/aromatic N) is 1. The van der Waals surface area contributed by atoms with Gasteiger partial charge in [-0.05, 0) is 44.3 Å². The van der Waals surface area contributed by atoms with Gasteiger partial charge in [-0.1, -0.05) is 42.0 Å². The fourth-order valence-electron chi connectivity index (χ4n) is 1.94. The summed E-state index contributed by atoms with van der Waals surface area (Å²) in [6, 6.07) is 16.8. The van der Waals surface area contributed by atoms with Gasteiger partial charge in [-0.3, -0.25) is 0 Å². The van der Waals surface area contributed by atoms with Gasteiger partial charge in [0.05, 0.1) is 0 Å². The first-order chi connectivity index (χ1) is 9.15. The minimum Gasteiger partial charge on any atom is -0.492 e. The van der Waals surface area contributed by atoms with Gasteiger partial charge in [0.1, 0.15) is 12.4 Å². The Bertz CT molecular complexity index is 534. The lowest BCUT2D eigenvalue weighted by Gasteiger charge is -2.12. The second-order valence-electron chi connectivity index (χ2n) is 5.05. The lowest BCUT2D eigenvalue weighted by Crippen LogP contribution is -2.19. The van der Waals surface area contributed by atoms with Crippen molar-refractivity contribution in [3.63, 3.8) is 0 Å². The molecular weight excluding hydrogens is 234 g/mol. The van der Waals surface area contributed by atoms with Gasteiger partial charge in [0.15, 0.2) is 0 Å². The molecule has 2 nitrogen and oxygen atoms in total. The Morgan fingerprint density at radius 3 is 2.32 bits per heavy atom. The van der Waals surface area contributed by atoms with Crippen LogP contribution in [0.3, 0.4) is 0 Å². The maximum absolute atomic E-state index is 5.77. The molecule has 0 N–H and O–H groups in total. The third kappa shape index (κ3) is 4.11. The Balaban J connectivity index is 2.11. The normalized spacial score (nSPS) is 10.7. The van der Waals surface area contributed by atoms with Crippen molar-refractivity contribution in [2.24, 2.45) is 0 Å². The molecule has 0 saturated heterocycles. The number of hydrogen-bond acceptors (Lipinski definition) is 2. The van der Waals surface area contributed by atoms with Crippen molar-refractivity contribution in [1.29, 1.82) is 0 Å². The molecule has 2 aromatic rings. The molecule has 0 spiro atoms. The lowest BCUT2D eigenvalue weighted by molar-refractivity contribution is 0.261. The molecule has 2 heteroatoms. The monoisotopic (exact) mass is 255 g/mol. The molecule has 0 amide bonds. The summed E-state index contributed by atoms with van der Waals surface area (Å²) in [5.41, 5.74) is 3.71. The Morgan fingerprint density at radius 2 is 1.63 bits per heavy atom. The van der Waals surface area contributed by atoms with Crippen LogP contribution in [0.5, 0.6) is 5.75 Å². The number of likely N-dealkylation sites (N-methyl/N-ethyl adjacent to an activating group) is 1. The summed E-state index contributed by atoms with van der Waals surface area (Å²) in [6.45, 7) is 3.75. The largest absolute Gasteiger partial charge is 0.492 e. The molecular formula is C17H21NO. The van der Waals surface area contributed by atoms with Crippen LogP contribution in [0.25, 0.3) is 11.1 Å². The van der Waals surface area contributed by atoms with Gasteiger partial charge in [-0.2, -0.15) is 0 Å². The molecule has 0 fully saturated rings. The van der Waals surface area contributed by atoms with Crippen LogP contribution in [0.15, 0.2) is 48.5 Å². The molecule has 0 aromatic heterocycles. The van der Waals surface area contributed by atoms with Crippen molar-refractivity contribution in [3.05, 3.63) is 54.1 Å². The molecule has 0 aliphatic rings. The molecule has 0 aliphatic heterocycles. The fraction of sp³-hybridized carbons (Fsp3) is 0.294. The van der Waals surface area contributed by atoms with Crippen LogP contribution in [0, 0.1) is 6.92 Å². The van der Waals surface area contributed by atoms with Gasteiger partial charge in [0.2, 0.25) is 0 Å². The highest BCUT2D eigenvalue weighted by Crippen LogP contribution is 2.24. The summed E-state index contributed by atoms with van der Waals surface area (Å²) in [5, 5.41) is 0. The standard InChI is InChI=1S/C17H21NO/c1-14-6-4-7-15(12-14)16-8-5-9-17(13-16)19-11-10-18(2)3/h4-9,12-13H,10-11H2,1-3H3. The van der Waals surface area contributed by atoms with E-state index in [0.29, 0.717) is 6.61 Å². The second-order valence-corrected chi connectivity index (χ2v) is 5.05. The first-order valence-corrected chi connectivity index (χ1v) is 6.60. The average Bonchev–Trinajstić information content (AvgIpc) is 2.39. The van der Waals surface area contributed by atoms with Crippen LogP contribution >= 0.6 is 0 Å². The summed E-state index contributed by atoms with van der Waals surface area (Å²) < 4.78 is 5.77. The summed E-state index contributed by atoms with van der Waals surface area (Å²) in [5.74, 6) is 0.931. The number of hydrogen-bond donors (Lipinski definition) is 0. The Kier molecular flexibility index (Phi) is 4.58. The van der Waals surface area contributed by atoms with E-state index in [2.05, 4.69) is 48.2 Å². The van der Waals surface area contributed by atoms with E-state index in [-0.39, 0.29) is 0 Å². The quantitative estimate of drug-likeness (QED) is 0.809. The fourth-order valence-corrected chi connectivity index (χ4v) is 1.94. The zero-order valence-electron chi connectivity index (χ0n) is 11.9. The predicted molar refractivity (Wildman–Crippen MR) is 80.7 cm³/mol. The molecule has 0 heterocycles. The summed E-state index contributed by atoms with van der Waals surface area (Å²) in [4.78, 5) is 2.12. The van der Waals surface area contributed by atoms with E-state index in [0.717, 1.165) is 12.3 Å². The molecule has 100 valence electrons. The molecule has 19 heavy (non-hydrogen) atoms. The van der Waals surface area contributed by atoms with E-state index in [1.807, 2.05) is 26.2 Å². The van der Waals surface area contributed by atoms with Crippen molar-refractivity contribution in [2.75, 3.05) is 27.2 Å². The van der Waals surface area contributed by atoms with E-state index in [4.69, 9.17) is 4.74 Å². The van der Waals surface area contributed by atoms with Crippen LogP contribution in [-0.2, 0) is 0 Å². The van der Waals surface area contributed by atoms with Gasteiger partial charge in [-0.15, -0.1) is 0 Å². The topological polar surface area (TPSA) is 12.5 Å². The van der Waals surface area contributed by atoms with Gasteiger partial charge in [0.25, 0.3) is 0 Å². The molecule has 2 aromatic carbocycles.